The maximum absolute atomic E-state index is 12.6. The molecule has 0 aromatic heterocycles. The molecule has 0 spiro atoms. The van der Waals surface area contributed by atoms with Crippen LogP contribution in [0.2, 0.25) is 0 Å². The van der Waals surface area contributed by atoms with E-state index in [2.05, 4.69) is 66.2 Å². The average Bonchev–Trinajstić information content (AvgIpc) is 2.76. The summed E-state index contributed by atoms with van der Waals surface area (Å²) < 4.78 is 0. The molecule has 4 nitrogen and oxygen atoms in total. The molecule has 1 saturated carbocycles. The van der Waals surface area contributed by atoms with Gasteiger partial charge in [0.05, 0.1) is 0 Å². The van der Waals surface area contributed by atoms with Crippen molar-refractivity contribution in [1.82, 2.24) is 16.0 Å². The normalized spacial score (nSPS) is 14.5. The molecule has 1 fully saturated rings. The summed E-state index contributed by atoms with van der Waals surface area (Å²) in [6.45, 7) is 7.62. The number of carbonyl (C=O) groups excluding carboxylic acids is 1. The van der Waals surface area contributed by atoms with E-state index in [1.807, 2.05) is 6.07 Å². The maximum Gasteiger partial charge on any atom is 0.251 e. The molecule has 0 atom stereocenters. The number of nitrogens with one attached hydrogen (secondary N) is 3. The van der Waals surface area contributed by atoms with Gasteiger partial charge >= 0.3 is 0 Å². The lowest BCUT2D eigenvalue weighted by Crippen LogP contribution is -2.32. The molecule has 0 heterocycles. The van der Waals surface area contributed by atoms with Crippen molar-refractivity contribution in [2.75, 3.05) is 19.6 Å². The van der Waals surface area contributed by atoms with E-state index < -0.39 is 0 Å². The smallest absolute Gasteiger partial charge is 0.251 e. The van der Waals surface area contributed by atoms with Gasteiger partial charge in [-0.25, -0.2) is 0 Å². The second kappa shape index (κ2) is 12.6. The van der Waals surface area contributed by atoms with Gasteiger partial charge in [0.15, 0.2) is 0 Å². The molecule has 1 aliphatic carbocycles. The third kappa shape index (κ3) is 8.47. The average molecular weight is 422 g/mol. The SMILES string of the molecule is Cc1cccc(CNCCCNC(=O)c2cc(C)cc(CCNC3CCCCC3)c2)c1. The topological polar surface area (TPSA) is 53.2 Å². The third-order valence-corrected chi connectivity index (χ3v) is 6.08. The zero-order valence-electron chi connectivity index (χ0n) is 19.3. The van der Waals surface area contributed by atoms with Crippen LogP contribution < -0.4 is 16.0 Å². The molecule has 31 heavy (non-hydrogen) atoms. The molecule has 0 saturated heterocycles. The first-order chi connectivity index (χ1) is 15.1. The van der Waals surface area contributed by atoms with Crippen LogP contribution in [0.4, 0.5) is 0 Å². The molecular weight excluding hydrogens is 382 g/mol. The summed E-state index contributed by atoms with van der Waals surface area (Å²) in [5, 5.41) is 10.2. The van der Waals surface area contributed by atoms with Crippen molar-refractivity contribution in [2.45, 2.75) is 71.4 Å². The standard InChI is InChI=1S/C27H39N3O/c1-21-8-6-9-24(16-21)20-28-13-7-14-30-27(31)25-18-22(2)17-23(19-25)12-15-29-26-10-4-3-5-11-26/h6,8-9,16-19,26,28-29H,3-5,7,10-15,20H2,1-2H3,(H,30,31). The van der Waals surface area contributed by atoms with Gasteiger partial charge in [0, 0.05) is 24.7 Å². The van der Waals surface area contributed by atoms with E-state index in [1.165, 1.54) is 48.8 Å². The van der Waals surface area contributed by atoms with Crippen molar-refractivity contribution in [2.24, 2.45) is 0 Å². The second-order valence-electron chi connectivity index (χ2n) is 9.02. The Bertz CT molecular complexity index is 827. The van der Waals surface area contributed by atoms with Crippen LogP contribution in [-0.2, 0) is 13.0 Å². The number of carbonyl (C=O) groups is 1. The molecule has 2 aromatic rings. The Kier molecular flexibility index (Phi) is 9.57. The highest BCUT2D eigenvalue weighted by atomic mass is 16.1. The zero-order valence-corrected chi connectivity index (χ0v) is 19.3. The van der Waals surface area contributed by atoms with Gasteiger partial charge in [-0.3, -0.25) is 4.79 Å². The summed E-state index contributed by atoms with van der Waals surface area (Å²) >= 11 is 0. The van der Waals surface area contributed by atoms with E-state index in [4.69, 9.17) is 0 Å². The summed E-state index contributed by atoms with van der Waals surface area (Å²) in [4.78, 5) is 12.6. The Morgan fingerprint density at radius 3 is 2.52 bits per heavy atom. The largest absolute Gasteiger partial charge is 0.352 e. The number of aryl methyl sites for hydroxylation is 2. The molecule has 168 valence electrons. The van der Waals surface area contributed by atoms with Crippen molar-refractivity contribution in [3.63, 3.8) is 0 Å². The first kappa shape index (κ1) is 23.5. The van der Waals surface area contributed by atoms with E-state index in [0.29, 0.717) is 12.6 Å². The van der Waals surface area contributed by atoms with Crippen molar-refractivity contribution in [3.8, 4) is 0 Å². The predicted octanol–water partition coefficient (Wildman–Crippen LogP) is 4.68. The van der Waals surface area contributed by atoms with E-state index in [0.717, 1.165) is 43.6 Å². The minimum atomic E-state index is 0.0314. The van der Waals surface area contributed by atoms with Crippen molar-refractivity contribution >= 4 is 5.91 Å². The van der Waals surface area contributed by atoms with Crippen LogP contribution in [0.15, 0.2) is 42.5 Å². The van der Waals surface area contributed by atoms with Crippen LogP contribution in [0.25, 0.3) is 0 Å². The zero-order chi connectivity index (χ0) is 21.9. The molecule has 3 rings (SSSR count). The van der Waals surface area contributed by atoms with Gasteiger partial charge in [0.1, 0.15) is 0 Å². The number of rotatable bonds is 11. The summed E-state index contributed by atoms with van der Waals surface area (Å²) in [5.74, 6) is 0.0314. The Hall–Kier alpha value is -2.17. The van der Waals surface area contributed by atoms with Crippen LogP contribution in [0.5, 0.6) is 0 Å². The highest BCUT2D eigenvalue weighted by Crippen LogP contribution is 2.17. The molecule has 2 aromatic carbocycles. The fraction of sp³-hybridized carbons (Fsp3) is 0.519. The summed E-state index contributed by atoms with van der Waals surface area (Å²) in [6.07, 6.45) is 8.60. The van der Waals surface area contributed by atoms with Gasteiger partial charge < -0.3 is 16.0 Å². The Morgan fingerprint density at radius 2 is 1.71 bits per heavy atom. The number of amides is 1. The molecule has 1 aliphatic rings. The molecule has 0 radical (unpaired) electrons. The fourth-order valence-electron chi connectivity index (χ4n) is 4.44. The van der Waals surface area contributed by atoms with Gasteiger partial charge in [-0.1, -0.05) is 60.7 Å². The lowest BCUT2D eigenvalue weighted by Gasteiger charge is -2.22. The molecule has 0 bridgehead atoms. The number of hydrogen-bond acceptors (Lipinski definition) is 3. The van der Waals surface area contributed by atoms with E-state index in [1.54, 1.807) is 0 Å². The highest BCUT2D eigenvalue weighted by molar-refractivity contribution is 5.94. The lowest BCUT2D eigenvalue weighted by atomic mass is 9.95. The van der Waals surface area contributed by atoms with E-state index in [9.17, 15) is 4.79 Å². The summed E-state index contributed by atoms with van der Waals surface area (Å²) in [7, 11) is 0. The third-order valence-electron chi connectivity index (χ3n) is 6.08. The maximum atomic E-state index is 12.6. The van der Waals surface area contributed by atoms with Gasteiger partial charge in [0.2, 0.25) is 0 Å². The van der Waals surface area contributed by atoms with Crippen molar-refractivity contribution in [3.05, 3.63) is 70.3 Å². The monoisotopic (exact) mass is 421 g/mol. The summed E-state index contributed by atoms with van der Waals surface area (Å²) in [6, 6.07) is 15.5. The minimum Gasteiger partial charge on any atom is -0.352 e. The fourth-order valence-corrected chi connectivity index (χ4v) is 4.44. The van der Waals surface area contributed by atoms with Crippen LogP contribution in [0.1, 0.15) is 71.1 Å². The molecule has 4 heteroatoms. The van der Waals surface area contributed by atoms with Crippen LogP contribution in [-0.4, -0.2) is 31.6 Å². The predicted molar refractivity (Wildman–Crippen MR) is 130 cm³/mol. The van der Waals surface area contributed by atoms with Gasteiger partial charge in [-0.2, -0.15) is 0 Å². The molecule has 1 amide bonds. The van der Waals surface area contributed by atoms with Crippen LogP contribution in [0, 0.1) is 13.8 Å². The van der Waals surface area contributed by atoms with Gasteiger partial charge in [-0.15, -0.1) is 0 Å². The van der Waals surface area contributed by atoms with E-state index >= 15 is 0 Å². The van der Waals surface area contributed by atoms with Gasteiger partial charge in [0.25, 0.3) is 5.91 Å². The summed E-state index contributed by atoms with van der Waals surface area (Å²) in [5.41, 5.74) is 5.76. The Labute approximate surface area is 188 Å². The first-order valence-electron chi connectivity index (χ1n) is 12.0. The van der Waals surface area contributed by atoms with E-state index in [-0.39, 0.29) is 5.91 Å². The van der Waals surface area contributed by atoms with Gasteiger partial charge in [-0.05, 0) is 75.9 Å². The quantitative estimate of drug-likeness (QED) is 0.462. The van der Waals surface area contributed by atoms with Crippen molar-refractivity contribution in [1.29, 1.82) is 0 Å². The van der Waals surface area contributed by atoms with Crippen LogP contribution >= 0.6 is 0 Å². The Morgan fingerprint density at radius 1 is 0.903 bits per heavy atom. The molecule has 0 unspecified atom stereocenters. The highest BCUT2D eigenvalue weighted by Gasteiger charge is 2.12. The second-order valence-corrected chi connectivity index (χ2v) is 9.02. The molecular formula is C27H39N3O. The molecule has 0 aliphatic heterocycles. The molecule has 3 N–H and O–H groups in total. The van der Waals surface area contributed by atoms with Crippen molar-refractivity contribution < 1.29 is 4.79 Å². The first-order valence-corrected chi connectivity index (χ1v) is 12.0. The number of benzene rings is 2. The number of hydrogen-bond donors (Lipinski definition) is 3. The lowest BCUT2D eigenvalue weighted by molar-refractivity contribution is 0.0953. The Balaban J connectivity index is 1.36. The minimum absolute atomic E-state index is 0.0314. The van der Waals surface area contributed by atoms with Crippen LogP contribution in [0.3, 0.4) is 0 Å².